The first-order chi connectivity index (χ1) is 25.2. The summed E-state index contributed by atoms with van der Waals surface area (Å²) in [5.74, 6) is -2.17. The Balaban J connectivity index is 0.00000126. The topological polar surface area (TPSA) is 258 Å². The molecule has 3 rings (SSSR count). The molecule has 18 heteroatoms. The molecule has 1 heterocycles. The van der Waals surface area contributed by atoms with Crippen LogP contribution in [0.25, 0.3) is 0 Å². The number of hydrogen-bond acceptors (Lipinski definition) is 11. The van der Waals surface area contributed by atoms with E-state index in [-0.39, 0.29) is 61.2 Å². The maximum absolute atomic E-state index is 12.7. The molecule has 1 atom stereocenters. The fourth-order valence-electron chi connectivity index (χ4n) is 4.48. The van der Waals surface area contributed by atoms with E-state index >= 15 is 0 Å². The Labute approximate surface area is 306 Å². The molecular formula is C35H45N7O11. The molecule has 0 saturated carbocycles. The molecule has 53 heavy (non-hydrogen) atoms. The number of unbranched alkanes of at least 4 members (excludes halogenated alkanes) is 2. The fraction of sp³-hybridized carbons (Fsp3) is 0.400. The van der Waals surface area contributed by atoms with Crippen molar-refractivity contribution in [3.63, 3.8) is 0 Å². The van der Waals surface area contributed by atoms with E-state index in [1.165, 1.54) is 36.4 Å². The average Bonchev–Trinajstić information content (AvgIpc) is 3.44. The number of rotatable bonds is 18. The number of non-ortho nitro benzene ring substituents is 1. The number of nitro benzene ring substituents is 1. The molecule has 18 nitrogen and oxygen atoms in total. The molecule has 1 aliphatic heterocycles. The number of benzene rings is 2. The smallest absolute Gasteiger partial charge is 0.429 e. The highest BCUT2D eigenvalue weighted by Crippen LogP contribution is 2.18. The van der Waals surface area contributed by atoms with Gasteiger partial charge < -0.3 is 36.5 Å². The molecule has 0 saturated heterocycles. The second-order valence-electron chi connectivity index (χ2n) is 11.9. The zero-order chi connectivity index (χ0) is 39.3. The minimum Gasteiger partial charge on any atom is -0.429 e. The molecular weight excluding hydrogens is 694 g/mol. The summed E-state index contributed by atoms with van der Waals surface area (Å²) in [6, 6.07) is 10.0. The van der Waals surface area contributed by atoms with E-state index in [0.29, 0.717) is 37.1 Å². The van der Waals surface area contributed by atoms with Crippen LogP contribution in [0, 0.1) is 16.0 Å². The Morgan fingerprint density at radius 1 is 0.887 bits per heavy atom. The van der Waals surface area contributed by atoms with Crippen LogP contribution >= 0.6 is 0 Å². The van der Waals surface area contributed by atoms with Crippen LogP contribution in [0.1, 0.15) is 58.4 Å². The first-order valence-electron chi connectivity index (χ1n) is 16.8. The van der Waals surface area contributed by atoms with Gasteiger partial charge in [-0.05, 0) is 55.0 Å². The molecule has 0 radical (unpaired) electrons. The van der Waals surface area contributed by atoms with Gasteiger partial charge in [0.2, 0.25) is 17.7 Å². The van der Waals surface area contributed by atoms with Gasteiger partial charge in [-0.25, -0.2) is 9.59 Å². The number of nitro groups is 1. The van der Waals surface area contributed by atoms with Gasteiger partial charge in [0.05, 0.1) is 11.5 Å². The SMILES string of the molecule is CC(C)C(NC(=O)CCCCCN1C(=O)C=CC1=O)C(=O)NCC(=O)Nc1ccc(COC(=O)Oc2ccc([N+](=O)[O-])cc2)cc1.CCCNC(N)=O. The number of urea groups is 1. The van der Waals surface area contributed by atoms with E-state index in [1.54, 1.807) is 38.1 Å². The summed E-state index contributed by atoms with van der Waals surface area (Å²) in [5, 5.41) is 21.0. The van der Waals surface area contributed by atoms with Crippen LogP contribution in [0.5, 0.6) is 5.75 Å². The lowest BCUT2D eigenvalue weighted by atomic mass is 10.0. The molecule has 0 fully saturated rings. The predicted octanol–water partition coefficient (Wildman–Crippen LogP) is 3.06. The van der Waals surface area contributed by atoms with Crippen molar-refractivity contribution < 1.29 is 48.0 Å². The third-order valence-corrected chi connectivity index (χ3v) is 7.27. The molecule has 7 amide bonds. The number of nitrogens with zero attached hydrogens (tertiary/aromatic N) is 2. The molecule has 1 aliphatic rings. The Morgan fingerprint density at radius 2 is 1.53 bits per heavy atom. The van der Waals surface area contributed by atoms with Gasteiger partial charge in [-0.3, -0.25) is 39.0 Å². The third-order valence-electron chi connectivity index (χ3n) is 7.27. The van der Waals surface area contributed by atoms with Crippen LogP contribution in [-0.2, 0) is 35.3 Å². The molecule has 1 unspecified atom stereocenters. The molecule has 2 aromatic carbocycles. The quantitative estimate of drug-likeness (QED) is 0.0371. The number of anilines is 1. The summed E-state index contributed by atoms with van der Waals surface area (Å²) in [4.78, 5) is 93.8. The summed E-state index contributed by atoms with van der Waals surface area (Å²) < 4.78 is 10.0. The number of ether oxygens (including phenoxy) is 2. The van der Waals surface area contributed by atoms with E-state index in [4.69, 9.17) is 15.2 Å². The number of imide groups is 1. The molecule has 0 spiro atoms. The largest absolute Gasteiger partial charge is 0.514 e. The number of amides is 7. The van der Waals surface area contributed by atoms with Gasteiger partial charge in [-0.15, -0.1) is 0 Å². The van der Waals surface area contributed by atoms with Gasteiger partial charge in [0.25, 0.3) is 17.5 Å². The van der Waals surface area contributed by atoms with E-state index in [2.05, 4.69) is 21.3 Å². The highest BCUT2D eigenvalue weighted by molar-refractivity contribution is 6.12. The van der Waals surface area contributed by atoms with Crippen molar-refractivity contribution in [1.29, 1.82) is 0 Å². The van der Waals surface area contributed by atoms with Gasteiger partial charge in [0, 0.05) is 49.5 Å². The van der Waals surface area contributed by atoms with Crippen molar-refractivity contribution in [2.75, 3.05) is 25.0 Å². The minimum absolute atomic E-state index is 0.0840. The molecule has 6 N–H and O–H groups in total. The van der Waals surface area contributed by atoms with Crippen molar-refractivity contribution in [1.82, 2.24) is 20.9 Å². The highest BCUT2D eigenvalue weighted by Gasteiger charge is 2.25. The predicted molar refractivity (Wildman–Crippen MR) is 191 cm³/mol. The van der Waals surface area contributed by atoms with E-state index in [9.17, 15) is 43.7 Å². The van der Waals surface area contributed by atoms with E-state index in [1.807, 2.05) is 6.92 Å². The van der Waals surface area contributed by atoms with Crippen molar-refractivity contribution in [3.8, 4) is 5.75 Å². The van der Waals surface area contributed by atoms with Crippen molar-refractivity contribution in [2.24, 2.45) is 11.7 Å². The highest BCUT2D eigenvalue weighted by atomic mass is 16.7. The molecule has 2 aromatic rings. The summed E-state index contributed by atoms with van der Waals surface area (Å²) in [6.07, 6.45) is 4.25. The minimum atomic E-state index is -0.999. The molecule has 0 aromatic heterocycles. The van der Waals surface area contributed by atoms with E-state index in [0.717, 1.165) is 11.3 Å². The number of nitrogens with two attached hydrogens (primary N) is 1. The number of carbonyl (C=O) groups excluding carboxylic acids is 7. The van der Waals surface area contributed by atoms with Gasteiger partial charge in [0.15, 0.2) is 0 Å². The standard InChI is InChI=1S/C31H35N5O10.C4H10N2O/c1-20(2)29(34-25(37)6-4-3-5-17-35-27(39)15-16-28(35)40)30(41)32-18-26(38)33-22-9-7-21(8-10-22)19-45-31(42)46-24-13-11-23(12-14-24)36(43)44;1-2-3-6-4(5)7/h7-16,20,29H,3-6,17-19H2,1-2H3,(H,32,41)(H,33,38)(H,34,37);2-3H2,1H3,(H3,5,6,7). The van der Waals surface area contributed by atoms with Gasteiger partial charge >= 0.3 is 12.2 Å². The van der Waals surface area contributed by atoms with Crippen LogP contribution in [0.15, 0.2) is 60.7 Å². The fourth-order valence-corrected chi connectivity index (χ4v) is 4.48. The van der Waals surface area contributed by atoms with Crippen LogP contribution < -0.4 is 31.7 Å². The zero-order valence-electron chi connectivity index (χ0n) is 29.8. The van der Waals surface area contributed by atoms with Crippen LogP contribution in [0.2, 0.25) is 0 Å². The maximum atomic E-state index is 12.7. The lowest BCUT2D eigenvalue weighted by molar-refractivity contribution is -0.384. The summed E-state index contributed by atoms with van der Waals surface area (Å²) >= 11 is 0. The number of hydrogen-bond donors (Lipinski definition) is 5. The van der Waals surface area contributed by atoms with Gasteiger partial charge in [-0.2, -0.15) is 0 Å². The van der Waals surface area contributed by atoms with Crippen LogP contribution in [0.3, 0.4) is 0 Å². The van der Waals surface area contributed by atoms with Crippen molar-refractivity contribution in [3.05, 3.63) is 76.4 Å². The maximum Gasteiger partial charge on any atom is 0.514 e. The second kappa shape index (κ2) is 22.5. The first-order valence-corrected chi connectivity index (χ1v) is 16.8. The third kappa shape index (κ3) is 16.5. The first kappa shape index (κ1) is 42.8. The number of nitrogens with one attached hydrogen (secondary N) is 4. The lowest BCUT2D eigenvalue weighted by Crippen LogP contribution is -2.51. The molecule has 286 valence electrons. The normalized spacial score (nSPS) is 12.3. The van der Waals surface area contributed by atoms with Crippen molar-refractivity contribution in [2.45, 2.75) is 65.5 Å². The van der Waals surface area contributed by atoms with Crippen LogP contribution in [-0.4, -0.2) is 77.2 Å². The molecule has 0 aliphatic carbocycles. The molecule has 0 bridgehead atoms. The second-order valence-corrected chi connectivity index (χ2v) is 11.9. The van der Waals surface area contributed by atoms with Gasteiger partial charge in [-0.1, -0.05) is 39.3 Å². The number of primary amides is 1. The lowest BCUT2D eigenvalue weighted by Gasteiger charge is -2.21. The van der Waals surface area contributed by atoms with E-state index < -0.39 is 35.0 Å². The zero-order valence-corrected chi connectivity index (χ0v) is 29.8. The summed E-state index contributed by atoms with van der Waals surface area (Å²) in [5.41, 5.74) is 5.61. The van der Waals surface area contributed by atoms with Gasteiger partial charge in [0.1, 0.15) is 18.4 Å². The monoisotopic (exact) mass is 739 g/mol. The number of carbonyl (C=O) groups is 7. The summed E-state index contributed by atoms with van der Waals surface area (Å²) in [7, 11) is 0. The Morgan fingerprint density at radius 3 is 2.08 bits per heavy atom. The Kier molecular flexibility index (Phi) is 18.2. The van der Waals surface area contributed by atoms with Crippen molar-refractivity contribution >= 4 is 53.1 Å². The van der Waals surface area contributed by atoms with Crippen LogP contribution in [0.4, 0.5) is 21.0 Å². The average molecular weight is 740 g/mol. The summed E-state index contributed by atoms with van der Waals surface area (Å²) in [6.45, 7) is 6.00. The Bertz CT molecular complexity index is 1610. The Hall–Kier alpha value is -6.33.